The van der Waals surface area contributed by atoms with Gasteiger partial charge in [0.05, 0.1) is 7.11 Å². The van der Waals surface area contributed by atoms with Crippen molar-refractivity contribution in [2.24, 2.45) is 0 Å². The molecule has 0 saturated carbocycles. The van der Waals surface area contributed by atoms with Crippen molar-refractivity contribution in [2.45, 2.75) is 12.5 Å². The summed E-state index contributed by atoms with van der Waals surface area (Å²) in [5.41, 5.74) is 1.70. The van der Waals surface area contributed by atoms with Gasteiger partial charge in [0, 0.05) is 37.4 Å². The summed E-state index contributed by atoms with van der Waals surface area (Å²) in [5, 5.41) is 2.95. The zero-order valence-electron chi connectivity index (χ0n) is 17.5. The lowest BCUT2D eigenvalue weighted by Gasteiger charge is -2.37. The minimum Gasteiger partial charge on any atom is -0.497 e. The molecule has 0 spiro atoms. The Morgan fingerprint density at radius 3 is 2.30 bits per heavy atom. The van der Waals surface area contributed by atoms with Crippen molar-refractivity contribution in [1.29, 1.82) is 0 Å². The van der Waals surface area contributed by atoms with Crippen molar-refractivity contribution >= 4 is 29.3 Å². The Kier molecular flexibility index (Phi) is 8.02. The van der Waals surface area contributed by atoms with Crippen LogP contribution < -0.4 is 15.0 Å². The van der Waals surface area contributed by atoms with Gasteiger partial charge in [-0.25, -0.2) is 0 Å². The topological polar surface area (TPSA) is 61.9 Å². The molecule has 2 amide bonds. The molecule has 1 aliphatic heterocycles. The van der Waals surface area contributed by atoms with E-state index in [-0.39, 0.29) is 11.8 Å². The molecule has 1 atom stereocenters. The van der Waals surface area contributed by atoms with Crippen LogP contribution in [0, 0.1) is 0 Å². The van der Waals surface area contributed by atoms with Crippen molar-refractivity contribution in [3.63, 3.8) is 0 Å². The molecule has 160 valence electrons. The predicted molar refractivity (Wildman–Crippen MR) is 122 cm³/mol. The van der Waals surface area contributed by atoms with Gasteiger partial charge in [0.2, 0.25) is 5.91 Å². The quantitative estimate of drug-likeness (QED) is 0.702. The molecule has 1 fully saturated rings. The maximum atomic E-state index is 13.2. The lowest BCUT2D eigenvalue weighted by Crippen LogP contribution is -2.55. The van der Waals surface area contributed by atoms with Crippen LogP contribution in [0.25, 0.3) is 0 Å². The first-order chi connectivity index (χ1) is 14.6. The maximum Gasteiger partial charge on any atom is 0.251 e. The van der Waals surface area contributed by atoms with Gasteiger partial charge >= 0.3 is 0 Å². The van der Waals surface area contributed by atoms with Crippen LogP contribution in [-0.4, -0.2) is 68.1 Å². The number of hydrogen-bond donors (Lipinski definition) is 1. The first-order valence-corrected chi connectivity index (χ1v) is 11.5. The summed E-state index contributed by atoms with van der Waals surface area (Å²) in [7, 11) is 1.59. The van der Waals surface area contributed by atoms with Gasteiger partial charge < -0.3 is 19.9 Å². The molecule has 0 bridgehead atoms. The van der Waals surface area contributed by atoms with Gasteiger partial charge in [-0.3, -0.25) is 9.59 Å². The van der Waals surface area contributed by atoms with Gasteiger partial charge in [-0.15, -0.1) is 0 Å². The molecule has 3 rings (SSSR count). The molecule has 2 aromatic rings. The number of amides is 2. The van der Waals surface area contributed by atoms with Crippen molar-refractivity contribution in [3.05, 3.63) is 60.2 Å². The van der Waals surface area contributed by atoms with E-state index in [1.165, 1.54) is 5.69 Å². The fourth-order valence-corrected chi connectivity index (χ4v) is 3.99. The number of ether oxygens (including phenoxy) is 1. The molecule has 1 heterocycles. The number of piperazine rings is 1. The maximum absolute atomic E-state index is 13.2. The molecule has 1 aliphatic rings. The molecule has 2 aromatic carbocycles. The van der Waals surface area contributed by atoms with E-state index >= 15 is 0 Å². The smallest absolute Gasteiger partial charge is 0.251 e. The number of rotatable bonds is 8. The van der Waals surface area contributed by atoms with E-state index in [1.54, 1.807) is 43.1 Å². The molecule has 1 saturated heterocycles. The summed E-state index contributed by atoms with van der Waals surface area (Å²) in [6.07, 6.45) is 2.62. The molecule has 0 aromatic heterocycles. The zero-order chi connectivity index (χ0) is 21.3. The lowest BCUT2D eigenvalue weighted by atomic mass is 10.1. The third-order valence-corrected chi connectivity index (χ3v) is 5.92. The molecule has 6 nitrogen and oxygen atoms in total. The molecule has 1 N–H and O–H groups in total. The molecule has 30 heavy (non-hydrogen) atoms. The van der Waals surface area contributed by atoms with E-state index in [2.05, 4.69) is 22.3 Å². The third kappa shape index (κ3) is 5.69. The highest BCUT2D eigenvalue weighted by Gasteiger charge is 2.28. The molecule has 0 radical (unpaired) electrons. The highest BCUT2D eigenvalue weighted by atomic mass is 32.2. The van der Waals surface area contributed by atoms with Gasteiger partial charge in [-0.2, -0.15) is 11.8 Å². The second-order valence-corrected chi connectivity index (χ2v) is 8.17. The monoisotopic (exact) mass is 427 g/mol. The largest absolute Gasteiger partial charge is 0.497 e. The highest BCUT2D eigenvalue weighted by molar-refractivity contribution is 7.98. The minimum atomic E-state index is -0.518. The average molecular weight is 428 g/mol. The highest BCUT2D eigenvalue weighted by Crippen LogP contribution is 2.17. The fraction of sp³-hybridized carbons (Fsp3) is 0.391. The average Bonchev–Trinajstić information content (AvgIpc) is 2.82. The summed E-state index contributed by atoms with van der Waals surface area (Å²) in [6.45, 7) is 2.89. The molecular weight excluding hydrogens is 398 g/mol. The Bertz CT molecular complexity index is 821. The summed E-state index contributed by atoms with van der Waals surface area (Å²) in [6, 6.07) is 16.6. The van der Waals surface area contributed by atoms with Crippen molar-refractivity contribution in [3.8, 4) is 5.75 Å². The van der Waals surface area contributed by atoms with Crippen LogP contribution in [0.4, 0.5) is 5.69 Å². The van der Waals surface area contributed by atoms with Gasteiger partial charge in [0.1, 0.15) is 11.8 Å². The van der Waals surface area contributed by atoms with Crippen molar-refractivity contribution in [2.75, 3.05) is 50.2 Å². The second-order valence-electron chi connectivity index (χ2n) is 7.18. The summed E-state index contributed by atoms with van der Waals surface area (Å²) >= 11 is 1.67. The Hall–Kier alpha value is -2.67. The van der Waals surface area contributed by atoms with E-state index in [9.17, 15) is 9.59 Å². The van der Waals surface area contributed by atoms with Crippen molar-refractivity contribution < 1.29 is 14.3 Å². The van der Waals surface area contributed by atoms with Crippen LogP contribution in [0.15, 0.2) is 54.6 Å². The number of hydrogen-bond acceptors (Lipinski definition) is 5. The van der Waals surface area contributed by atoms with Crippen LogP contribution in [0.1, 0.15) is 16.8 Å². The number of carbonyl (C=O) groups is 2. The van der Waals surface area contributed by atoms with Crippen LogP contribution >= 0.6 is 11.8 Å². The second kappa shape index (κ2) is 10.9. The molecule has 7 heteroatoms. The Labute approximate surface area is 182 Å². The Balaban J connectivity index is 1.61. The van der Waals surface area contributed by atoms with Gasteiger partial charge in [-0.05, 0) is 54.8 Å². The van der Waals surface area contributed by atoms with Crippen molar-refractivity contribution in [1.82, 2.24) is 10.2 Å². The number of methoxy groups -OCH3 is 1. The minimum absolute atomic E-state index is 0.00127. The van der Waals surface area contributed by atoms with E-state index in [4.69, 9.17) is 4.74 Å². The van der Waals surface area contributed by atoms with Crippen LogP contribution in [-0.2, 0) is 4.79 Å². The van der Waals surface area contributed by atoms with Crippen LogP contribution in [0.3, 0.4) is 0 Å². The number of para-hydroxylation sites is 1. The van der Waals surface area contributed by atoms with E-state index in [0.717, 1.165) is 18.8 Å². The lowest BCUT2D eigenvalue weighted by molar-refractivity contribution is -0.133. The Morgan fingerprint density at radius 1 is 1.03 bits per heavy atom. The number of anilines is 1. The summed E-state index contributed by atoms with van der Waals surface area (Å²) in [5.74, 6) is 1.26. The first kappa shape index (κ1) is 22.0. The van der Waals surface area contributed by atoms with E-state index < -0.39 is 6.04 Å². The number of carbonyl (C=O) groups excluding carboxylic acids is 2. The number of benzene rings is 2. The summed E-state index contributed by atoms with van der Waals surface area (Å²) in [4.78, 5) is 30.0. The van der Waals surface area contributed by atoms with E-state index in [1.807, 2.05) is 29.4 Å². The number of nitrogens with one attached hydrogen (secondary N) is 1. The van der Waals surface area contributed by atoms with Gasteiger partial charge in [0.15, 0.2) is 0 Å². The van der Waals surface area contributed by atoms with Gasteiger partial charge in [-0.1, -0.05) is 18.2 Å². The predicted octanol–water partition coefficient (Wildman–Crippen LogP) is 2.90. The van der Waals surface area contributed by atoms with Crippen LogP contribution in [0.2, 0.25) is 0 Å². The standard InChI is InChI=1S/C23H29N3O3S/c1-29-20-10-8-18(9-11-20)22(27)24-21(12-17-30-2)23(28)26-15-13-25(14-16-26)19-6-4-3-5-7-19/h3-11,21H,12-17H2,1-2H3,(H,24,27)/t21-/m0/s1. The molecular formula is C23H29N3O3S. The van der Waals surface area contributed by atoms with Crippen LogP contribution in [0.5, 0.6) is 5.75 Å². The third-order valence-electron chi connectivity index (χ3n) is 5.28. The number of thioether (sulfide) groups is 1. The Morgan fingerprint density at radius 2 is 1.70 bits per heavy atom. The fourth-order valence-electron chi connectivity index (χ4n) is 3.52. The first-order valence-electron chi connectivity index (χ1n) is 10.1. The van der Waals surface area contributed by atoms with Gasteiger partial charge in [0.25, 0.3) is 5.91 Å². The summed E-state index contributed by atoms with van der Waals surface area (Å²) < 4.78 is 5.14. The SMILES string of the molecule is COc1ccc(C(=O)N[C@@H](CCSC)C(=O)N2CCN(c3ccccc3)CC2)cc1. The zero-order valence-corrected chi connectivity index (χ0v) is 18.4. The normalized spacial score (nSPS) is 14.9. The number of nitrogens with zero attached hydrogens (tertiary/aromatic N) is 2. The molecule has 0 aliphatic carbocycles. The molecule has 0 unspecified atom stereocenters. The van der Waals surface area contributed by atoms with E-state index in [0.29, 0.717) is 30.8 Å².